The van der Waals surface area contributed by atoms with E-state index in [9.17, 15) is 9.59 Å². The first kappa shape index (κ1) is 14.7. The number of hydrogen-bond donors (Lipinski definition) is 0. The molecule has 0 aliphatic heterocycles. The molecule has 0 bridgehead atoms. The van der Waals surface area contributed by atoms with Crippen LogP contribution < -0.4 is 5.56 Å². The van der Waals surface area contributed by atoms with Gasteiger partial charge in [-0.2, -0.15) is 0 Å². The standard InChI is InChI=1S/C13H11Br2NO2S/c1-2-9-3-4-12(19-9)11(17)7-16-6-8(14)5-10(15)13(16)18/h3-6H,2,7H2,1H3. The molecule has 3 nitrogen and oxygen atoms in total. The van der Waals surface area contributed by atoms with Crippen molar-refractivity contribution in [3.8, 4) is 0 Å². The summed E-state index contributed by atoms with van der Waals surface area (Å²) >= 11 is 7.98. The van der Waals surface area contributed by atoms with Crippen molar-refractivity contribution in [3.05, 3.63) is 53.4 Å². The summed E-state index contributed by atoms with van der Waals surface area (Å²) in [7, 11) is 0. The number of halogens is 2. The maximum absolute atomic E-state index is 12.1. The molecule has 0 aliphatic rings. The van der Waals surface area contributed by atoms with Crippen molar-refractivity contribution in [2.75, 3.05) is 0 Å². The van der Waals surface area contributed by atoms with E-state index in [4.69, 9.17) is 0 Å². The third kappa shape index (κ3) is 3.43. The van der Waals surface area contributed by atoms with Gasteiger partial charge in [0.05, 0.1) is 15.9 Å². The van der Waals surface area contributed by atoms with Gasteiger partial charge in [-0.3, -0.25) is 9.59 Å². The summed E-state index contributed by atoms with van der Waals surface area (Å²) in [5.74, 6) is -0.0446. The van der Waals surface area contributed by atoms with E-state index in [1.165, 1.54) is 20.8 Å². The van der Waals surface area contributed by atoms with E-state index in [-0.39, 0.29) is 17.9 Å². The fourth-order valence-corrected chi connectivity index (χ4v) is 3.77. The van der Waals surface area contributed by atoms with Gasteiger partial charge >= 0.3 is 0 Å². The Hall–Kier alpha value is -0.720. The Morgan fingerprint density at radius 1 is 1.37 bits per heavy atom. The second-order valence-electron chi connectivity index (χ2n) is 3.98. The molecule has 0 N–H and O–H groups in total. The van der Waals surface area contributed by atoms with Crippen LogP contribution in [0, 0.1) is 0 Å². The minimum absolute atomic E-state index is 0.0446. The van der Waals surface area contributed by atoms with Crippen molar-refractivity contribution < 1.29 is 4.79 Å². The fraction of sp³-hybridized carbons (Fsp3) is 0.231. The molecule has 2 rings (SSSR count). The molecule has 0 aromatic carbocycles. The molecule has 2 aromatic rings. The predicted molar refractivity (Wildman–Crippen MR) is 84.1 cm³/mol. The average molecular weight is 405 g/mol. The van der Waals surface area contributed by atoms with E-state index in [1.807, 2.05) is 12.1 Å². The number of pyridine rings is 1. The Bertz CT molecular complexity index is 676. The molecule has 19 heavy (non-hydrogen) atoms. The third-order valence-electron chi connectivity index (χ3n) is 2.61. The van der Waals surface area contributed by atoms with Crippen LogP contribution in [0.25, 0.3) is 0 Å². The Morgan fingerprint density at radius 3 is 2.74 bits per heavy atom. The Kier molecular flexibility index (Phi) is 4.76. The number of aromatic nitrogens is 1. The molecule has 0 amide bonds. The highest BCUT2D eigenvalue weighted by Gasteiger charge is 2.12. The van der Waals surface area contributed by atoms with Gasteiger partial charge in [-0.15, -0.1) is 11.3 Å². The molecule has 2 aromatic heterocycles. The molecular formula is C13H11Br2NO2S. The number of aryl methyl sites for hydroxylation is 1. The monoisotopic (exact) mass is 403 g/mol. The first-order chi connectivity index (χ1) is 9.01. The molecule has 0 unspecified atom stereocenters. The second kappa shape index (κ2) is 6.15. The molecule has 0 fully saturated rings. The highest BCUT2D eigenvalue weighted by atomic mass is 79.9. The minimum Gasteiger partial charge on any atom is -0.306 e. The lowest BCUT2D eigenvalue weighted by molar-refractivity contribution is 0.0974. The van der Waals surface area contributed by atoms with Gasteiger partial charge in [0.2, 0.25) is 0 Å². The van der Waals surface area contributed by atoms with Crippen LogP contribution in [0.4, 0.5) is 0 Å². The highest BCUT2D eigenvalue weighted by Crippen LogP contribution is 2.18. The van der Waals surface area contributed by atoms with E-state index >= 15 is 0 Å². The number of rotatable bonds is 4. The summed E-state index contributed by atoms with van der Waals surface area (Å²) in [5.41, 5.74) is -0.205. The number of Topliss-reactive ketones (excluding diaryl/α,β-unsaturated/α-hetero) is 1. The van der Waals surface area contributed by atoms with Crippen molar-refractivity contribution >= 4 is 49.0 Å². The predicted octanol–water partition coefficient (Wildman–Crippen LogP) is 3.88. The van der Waals surface area contributed by atoms with Crippen molar-refractivity contribution in [2.24, 2.45) is 0 Å². The quantitative estimate of drug-likeness (QED) is 0.725. The molecule has 2 heterocycles. The van der Waals surface area contributed by atoms with Gasteiger partial charge in [-0.25, -0.2) is 0 Å². The Morgan fingerprint density at radius 2 is 2.11 bits per heavy atom. The zero-order valence-electron chi connectivity index (χ0n) is 10.2. The smallest absolute Gasteiger partial charge is 0.265 e. The molecule has 6 heteroatoms. The zero-order chi connectivity index (χ0) is 14.0. The number of carbonyl (C=O) groups excluding carboxylic acids is 1. The minimum atomic E-state index is -0.205. The fourth-order valence-electron chi connectivity index (χ4n) is 1.63. The van der Waals surface area contributed by atoms with Crippen LogP contribution in [-0.4, -0.2) is 10.4 Å². The van der Waals surface area contributed by atoms with Gasteiger partial charge in [-0.1, -0.05) is 6.92 Å². The van der Waals surface area contributed by atoms with Gasteiger partial charge < -0.3 is 4.57 Å². The van der Waals surface area contributed by atoms with Crippen molar-refractivity contribution in [1.29, 1.82) is 0 Å². The average Bonchev–Trinajstić information content (AvgIpc) is 2.84. The van der Waals surface area contributed by atoms with Crippen LogP contribution in [0.3, 0.4) is 0 Å². The third-order valence-corrected chi connectivity index (χ3v) is 4.88. The maximum atomic E-state index is 12.1. The number of hydrogen-bond acceptors (Lipinski definition) is 3. The number of ketones is 1. The molecule has 0 spiro atoms. The van der Waals surface area contributed by atoms with Crippen LogP contribution in [0.2, 0.25) is 0 Å². The van der Waals surface area contributed by atoms with Crippen LogP contribution >= 0.6 is 43.2 Å². The Labute approximate surface area is 131 Å². The maximum Gasteiger partial charge on any atom is 0.265 e. The first-order valence-corrected chi connectivity index (χ1v) is 8.09. The summed E-state index contributed by atoms with van der Waals surface area (Å²) < 4.78 is 2.60. The van der Waals surface area contributed by atoms with Crippen molar-refractivity contribution in [3.63, 3.8) is 0 Å². The molecular weight excluding hydrogens is 394 g/mol. The number of thiophene rings is 1. The topological polar surface area (TPSA) is 39.1 Å². The zero-order valence-corrected chi connectivity index (χ0v) is 14.1. The van der Waals surface area contributed by atoms with Gasteiger partial charge in [0.15, 0.2) is 5.78 Å². The van der Waals surface area contributed by atoms with Gasteiger partial charge in [0.25, 0.3) is 5.56 Å². The lowest BCUT2D eigenvalue weighted by Crippen LogP contribution is -2.24. The van der Waals surface area contributed by atoms with Crippen molar-refractivity contribution in [1.82, 2.24) is 4.57 Å². The molecule has 0 radical (unpaired) electrons. The van der Waals surface area contributed by atoms with Gasteiger partial charge in [0, 0.05) is 15.5 Å². The number of nitrogens with zero attached hydrogens (tertiary/aromatic N) is 1. The highest BCUT2D eigenvalue weighted by molar-refractivity contribution is 9.11. The van der Waals surface area contributed by atoms with Crippen molar-refractivity contribution in [2.45, 2.75) is 19.9 Å². The molecule has 100 valence electrons. The first-order valence-electron chi connectivity index (χ1n) is 5.68. The summed E-state index contributed by atoms with van der Waals surface area (Å²) in [6.07, 6.45) is 2.54. The summed E-state index contributed by atoms with van der Waals surface area (Å²) in [4.78, 5) is 25.9. The van der Waals surface area contributed by atoms with E-state index in [0.29, 0.717) is 9.35 Å². The largest absolute Gasteiger partial charge is 0.306 e. The summed E-state index contributed by atoms with van der Waals surface area (Å²) in [6.45, 7) is 2.11. The van der Waals surface area contributed by atoms with E-state index in [2.05, 4.69) is 38.8 Å². The number of carbonyl (C=O) groups is 1. The van der Waals surface area contributed by atoms with E-state index in [0.717, 1.165) is 10.9 Å². The van der Waals surface area contributed by atoms with Crippen LogP contribution in [-0.2, 0) is 13.0 Å². The van der Waals surface area contributed by atoms with Crippen LogP contribution in [0.1, 0.15) is 21.5 Å². The van der Waals surface area contributed by atoms with E-state index < -0.39 is 0 Å². The van der Waals surface area contributed by atoms with Crippen LogP contribution in [0.5, 0.6) is 0 Å². The molecule has 0 aliphatic carbocycles. The van der Waals surface area contributed by atoms with Gasteiger partial charge in [0.1, 0.15) is 0 Å². The van der Waals surface area contributed by atoms with Crippen LogP contribution in [0.15, 0.2) is 38.1 Å². The van der Waals surface area contributed by atoms with Gasteiger partial charge in [-0.05, 0) is 56.5 Å². The normalized spacial score (nSPS) is 10.7. The lowest BCUT2D eigenvalue weighted by atomic mass is 10.3. The molecule has 0 saturated carbocycles. The van der Waals surface area contributed by atoms with E-state index in [1.54, 1.807) is 12.3 Å². The second-order valence-corrected chi connectivity index (χ2v) is 6.92. The lowest BCUT2D eigenvalue weighted by Gasteiger charge is -2.05. The molecule has 0 saturated heterocycles. The molecule has 0 atom stereocenters. The summed E-state index contributed by atoms with van der Waals surface area (Å²) in [6, 6.07) is 5.45. The SMILES string of the molecule is CCc1ccc(C(=O)Cn2cc(Br)cc(Br)c2=O)s1. The Balaban J connectivity index is 2.26. The summed E-state index contributed by atoms with van der Waals surface area (Å²) in [5, 5.41) is 0.